The first kappa shape index (κ1) is 20.9. The van der Waals surface area contributed by atoms with Gasteiger partial charge in [-0.25, -0.2) is 9.18 Å². The number of carbonyl (C=O) groups excluding carboxylic acids is 1. The first-order valence-electron chi connectivity index (χ1n) is 9.19. The van der Waals surface area contributed by atoms with Gasteiger partial charge in [0.2, 0.25) is 0 Å². The molecule has 0 heterocycles. The minimum Gasteiger partial charge on any atom is -0.508 e. The maximum absolute atomic E-state index is 14.1. The van der Waals surface area contributed by atoms with Crippen LogP contribution in [0.3, 0.4) is 0 Å². The van der Waals surface area contributed by atoms with Gasteiger partial charge in [-0.05, 0) is 23.8 Å². The molecule has 0 fully saturated rings. The van der Waals surface area contributed by atoms with Crippen LogP contribution in [0.5, 0.6) is 11.5 Å². The van der Waals surface area contributed by atoms with Crippen molar-refractivity contribution < 1.29 is 28.9 Å². The number of hydrogen-bond acceptors (Lipinski definition) is 4. The van der Waals surface area contributed by atoms with Gasteiger partial charge in [0, 0.05) is 18.7 Å². The minimum atomic E-state index is -1.35. The molecule has 30 heavy (non-hydrogen) atoms. The van der Waals surface area contributed by atoms with Gasteiger partial charge in [0.05, 0.1) is 0 Å². The highest BCUT2D eigenvalue weighted by Crippen LogP contribution is 2.24. The standard InChI is InChI=1S/C23H20FNO5/c24-19-11-6-10-18(23(28)29)22(19)30-15-21(27)25(13-16-7-2-1-3-8-16)14-17-9-4-5-12-20(17)26/h1-12,26H,13-15H2,(H,28,29). The van der Waals surface area contributed by atoms with E-state index in [2.05, 4.69) is 0 Å². The zero-order valence-electron chi connectivity index (χ0n) is 16.0. The Bertz CT molecular complexity index is 1040. The van der Waals surface area contributed by atoms with Crippen molar-refractivity contribution in [1.29, 1.82) is 0 Å². The first-order chi connectivity index (χ1) is 14.5. The number of carbonyl (C=O) groups is 2. The first-order valence-corrected chi connectivity index (χ1v) is 9.19. The maximum atomic E-state index is 14.1. The Morgan fingerprint density at radius 2 is 1.60 bits per heavy atom. The van der Waals surface area contributed by atoms with Gasteiger partial charge in [0.15, 0.2) is 18.2 Å². The molecular weight excluding hydrogens is 389 g/mol. The molecule has 3 aromatic rings. The van der Waals surface area contributed by atoms with Gasteiger partial charge >= 0.3 is 5.97 Å². The third-order valence-electron chi connectivity index (χ3n) is 4.46. The van der Waals surface area contributed by atoms with E-state index in [1.807, 2.05) is 30.3 Å². The van der Waals surface area contributed by atoms with Crippen LogP contribution in [0, 0.1) is 5.82 Å². The molecule has 0 radical (unpaired) electrons. The van der Waals surface area contributed by atoms with Gasteiger partial charge in [-0.2, -0.15) is 0 Å². The third kappa shape index (κ3) is 5.14. The summed E-state index contributed by atoms with van der Waals surface area (Å²) in [5.74, 6) is -3.14. The van der Waals surface area contributed by atoms with Crippen molar-refractivity contribution in [2.24, 2.45) is 0 Å². The molecule has 7 heteroatoms. The summed E-state index contributed by atoms with van der Waals surface area (Å²) in [7, 11) is 0. The number of hydrogen-bond donors (Lipinski definition) is 2. The van der Waals surface area contributed by atoms with Crippen LogP contribution in [0.1, 0.15) is 21.5 Å². The molecule has 3 rings (SSSR count). The predicted octanol–water partition coefficient (Wildman–Crippen LogP) is 3.84. The lowest BCUT2D eigenvalue weighted by molar-refractivity contribution is -0.134. The largest absolute Gasteiger partial charge is 0.508 e. The monoisotopic (exact) mass is 409 g/mol. The van der Waals surface area contributed by atoms with Gasteiger partial charge in [-0.1, -0.05) is 54.6 Å². The zero-order valence-corrected chi connectivity index (χ0v) is 16.0. The van der Waals surface area contributed by atoms with E-state index in [0.29, 0.717) is 5.56 Å². The van der Waals surface area contributed by atoms with E-state index in [1.54, 1.807) is 18.2 Å². The molecule has 0 aromatic heterocycles. The smallest absolute Gasteiger partial charge is 0.339 e. The molecule has 0 spiro atoms. The molecule has 0 saturated heterocycles. The fourth-order valence-corrected chi connectivity index (χ4v) is 2.94. The summed E-state index contributed by atoms with van der Waals surface area (Å²) in [6.07, 6.45) is 0. The van der Waals surface area contributed by atoms with Crippen LogP contribution in [0.25, 0.3) is 0 Å². The molecule has 154 valence electrons. The van der Waals surface area contributed by atoms with Crippen LogP contribution >= 0.6 is 0 Å². The van der Waals surface area contributed by atoms with Crippen LogP contribution in [0.4, 0.5) is 4.39 Å². The topological polar surface area (TPSA) is 87.1 Å². The molecule has 0 bridgehead atoms. The lowest BCUT2D eigenvalue weighted by atomic mass is 10.1. The second-order valence-electron chi connectivity index (χ2n) is 6.57. The van der Waals surface area contributed by atoms with E-state index in [1.165, 1.54) is 23.1 Å². The molecule has 0 aliphatic heterocycles. The molecule has 1 amide bonds. The van der Waals surface area contributed by atoms with E-state index in [4.69, 9.17) is 4.74 Å². The average molecular weight is 409 g/mol. The van der Waals surface area contributed by atoms with Crippen LogP contribution in [0.2, 0.25) is 0 Å². The van der Waals surface area contributed by atoms with Gasteiger partial charge in [-0.3, -0.25) is 4.79 Å². The SMILES string of the molecule is O=C(O)c1cccc(F)c1OCC(=O)N(Cc1ccccc1)Cc1ccccc1O. The summed E-state index contributed by atoms with van der Waals surface area (Å²) in [4.78, 5) is 25.6. The maximum Gasteiger partial charge on any atom is 0.339 e. The predicted molar refractivity (Wildman–Crippen MR) is 108 cm³/mol. The Labute approximate surface area is 172 Å². The lowest BCUT2D eigenvalue weighted by Gasteiger charge is -2.24. The fraction of sp³-hybridized carbons (Fsp3) is 0.130. The normalized spacial score (nSPS) is 10.4. The lowest BCUT2D eigenvalue weighted by Crippen LogP contribution is -2.34. The number of rotatable bonds is 8. The second kappa shape index (κ2) is 9.56. The quantitative estimate of drug-likeness (QED) is 0.590. The molecule has 3 aromatic carbocycles. The minimum absolute atomic E-state index is 0.0477. The average Bonchev–Trinajstić information content (AvgIpc) is 2.74. The Hall–Kier alpha value is -3.87. The van der Waals surface area contributed by atoms with E-state index >= 15 is 0 Å². The highest BCUT2D eigenvalue weighted by molar-refractivity contribution is 5.91. The summed E-state index contributed by atoms with van der Waals surface area (Å²) >= 11 is 0. The second-order valence-corrected chi connectivity index (χ2v) is 6.57. The molecule has 0 aliphatic carbocycles. The Kier molecular flexibility index (Phi) is 6.64. The van der Waals surface area contributed by atoms with E-state index in [9.17, 15) is 24.2 Å². The van der Waals surface area contributed by atoms with Crippen LogP contribution in [0.15, 0.2) is 72.8 Å². The molecular formula is C23H20FNO5. The number of aromatic carboxylic acids is 1. The number of aromatic hydroxyl groups is 1. The fourth-order valence-electron chi connectivity index (χ4n) is 2.94. The summed E-state index contributed by atoms with van der Waals surface area (Å²) in [5.41, 5.74) is 1.04. The summed E-state index contributed by atoms with van der Waals surface area (Å²) < 4.78 is 19.3. The van der Waals surface area contributed by atoms with Crippen LogP contribution in [-0.2, 0) is 17.9 Å². The molecule has 0 aliphatic rings. The van der Waals surface area contributed by atoms with Gasteiger partial charge in [0.1, 0.15) is 11.3 Å². The number of phenols is 1. The highest BCUT2D eigenvalue weighted by atomic mass is 19.1. The zero-order chi connectivity index (χ0) is 21.5. The number of benzene rings is 3. The van der Waals surface area contributed by atoms with Crippen molar-refractivity contribution in [2.45, 2.75) is 13.1 Å². The number of ether oxygens (including phenoxy) is 1. The number of carboxylic acid groups (broad SMARTS) is 1. The van der Waals surface area contributed by atoms with Crippen molar-refractivity contribution in [3.63, 3.8) is 0 Å². The van der Waals surface area contributed by atoms with Gasteiger partial charge in [0.25, 0.3) is 5.91 Å². The number of phenolic OH excluding ortho intramolecular Hbond substituents is 1. The van der Waals surface area contributed by atoms with E-state index < -0.39 is 30.1 Å². The van der Waals surface area contributed by atoms with E-state index in [-0.39, 0.29) is 24.4 Å². The third-order valence-corrected chi connectivity index (χ3v) is 4.46. The summed E-state index contributed by atoms with van der Waals surface area (Å²) in [6.45, 7) is -0.213. The molecule has 2 N–H and O–H groups in total. The van der Waals surface area contributed by atoms with Crippen molar-refractivity contribution in [2.75, 3.05) is 6.61 Å². The Morgan fingerprint density at radius 3 is 2.30 bits per heavy atom. The van der Waals surface area contributed by atoms with Gasteiger partial charge in [-0.15, -0.1) is 0 Å². The highest BCUT2D eigenvalue weighted by Gasteiger charge is 2.20. The van der Waals surface area contributed by atoms with Crippen molar-refractivity contribution >= 4 is 11.9 Å². The number of carboxylic acids is 1. The number of amides is 1. The molecule has 0 saturated carbocycles. The van der Waals surface area contributed by atoms with Crippen molar-refractivity contribution in [1.82, 2.24) is 4.90 Å². The Balaban J connectivity index is 1.80. The van der Waals surface area contributed by atoms with Gasteiger partial charge < -0.3 is 19.8 Å². The van der Waals surface area contributed by atoms with Crippen LogP contribution < -0.4 is 4.74 Å². The summed E-state index contributed by atoms with van der Waals surface area (Å²) in [5, 5.41) is 19.3. The number of halogens is 1. The van der Waals surface area contributed by atoms with E-state index in [0.717, 1.165) is 11.6 Å². The van der Waals surface area contributed by atoms with Crippen molar-refractivity contribution in [3.05, 3.63) is 95.3 Å². The van der Waals surface area contributed by atoms with Crippen molar-refractivity contribution in [3.8, 4) is 11.5 Å². The number of para-hydroxylation sites is 2. The van der Waals surface area contributed by atoms with Crippen LogP contribution in [-0.4, -0.2) is 33.6 Å². The Morgan fingerprint density at radius 1 is 0.900 bits per heavy atom. The molecule has 0 atom stereocenters. The number of nitrogens with zero attached hydrogens (tertiary/aromatic N) is 1. The summed E-state index contributed by atoms with van der Waals surface area (Å²) in [6, 6.07) is 19.4. The molecule has 6 nitrogen and oxygen atoms in total. The molecule has 0 unspecified atom stereocenters.